The van der Waals surface area contributed by atoms with E-state index in [0.717, 1.165) is 11.6 Å². The monoisotopic (exact) mass is 286 g/mol. The van der Waals surface area contributed by atoms with Crippen molar-refractivity contribution >= 4 is 11.6 Å². The molecule has 100 valence electrons. The molecule has 1 nitrogen and oxygen atoms in total. The molecule has 0 bridgehead atoms. The zero-order chi connectivity index (χ0) is 13.9. The standard InChI is InChI=1S/C14H10ClF3O/c15-13-11(14(16,17)18)7-4-8-12(13)19-9-10-5-2-1-3-6-10/h1-8H,9H2. The lowest BCUT2D eigenvalue weighted by atomic mass is 10.2. The van der Waals surface area contributed by atoms with Gasteiger partial charge in [0.1, 0.15) is 12.4 Å². The molecule has 0 fully saturated rings. The van der Waals surface area contributed by atoms with E-state index in [1.165, 1.54) is 12.1 Å². The van der Waals surface area contributed by atoms with Crippen molar-refractivity contribution in [3.8, 4) is 5.75 Å². The molecule has 0 aliphatic rings. The van der Waals surface area contributed by atoms with Crippen molar-refractivity contribution in [1.82, 2.24) is 0 Å². The third kappa shape index (κ3) is 3.41. The van der Waals surface area contributed by atoms with E-state index in [2.05, 4.69) is 0 Å². The maximum Gasteiger partial charge on any atom is 0.417 e. The van der Waals surface area contributed by atoms with Gasteiger partial charge in [-0.15, -0.1) is 0 Å². The molecule has 0 N–H and O–H groups in total. The Hall–Kier alpha value is -1.68. The van der Waals surface area contributed by atoms with E-state index >= 15 is 0 Å². The molecule has 0 saturated carbocycles. The van der Waals surface area contributed by atoms with Crippen LogP contribution in [0, 0.1) is 0 Å². The minimum Gasteiger partial charge on any atom is -0.487 e. The van der Waals surface area contributed by atoms with Crippen LogP contribution >= 0.6 is 11.6 Å². The number of hydrogen-bond donors (Lipinski definition) is 0. The van der Waals surface area contributed by atoms with Gasteiger partial charge in [-0.2, -0.15) is 13.2 Å². The zero-order valence-corrected chi connectivity index (χ0v) is 10.5. The summed E-state index contributed by atoms with van der Waals surface area (Å²) in [6.45, 7) is 0.169. The van der Waals surface area contributed by atoms with Crippen LogP contribution in [0.2, 0.25) is 5.02 Å². The second-order valence-electron chi connectivity index (χ2n) is 3.89. The first-order valence-electron chi connectivity index (χ1n) is 5.51. The third-order valence-corrected chi connectivity index (χ3v) is 2.90. The molecule has 0 amide bonds. The van der Waals surface area contributed by atoms with Gasteiger partial charge < -0.3 is 4.74 Å². The maximum atomic E-state index is 12.7. The Labute approximate surface area is 113 Å². The molecule has 0 unspecified atom stereocenters. The zero-order valence-electron chi connectivity index (χ0n) is 9.75. The van der Waals surface area contributed by atoms with Gasteiger partial charge >= 0.3 is 6.18 Å². The van der Waals surface area contributed by atoms with Crippen LogP contribution in [0.3, 0.4) is 0 Å². The van der Waals surface area contributed by atoms with Gasteiger partial charge in [0.2, 0.25) is 0 Å². The van der Waals surface area contributed by atoms with Crippen LogP contribution in [-0.4, -0.2) is 0 Å². The summed E-state index contributed by atoms with van der Waals surface area (Å²) in [7, 11) is 0. The molecule has 0 heterocycles. The fourth-order valence-electron chi connectivity index (χ4n) is 1.58. The second-order valence-corrected chi connectivity index (χ2v) is 4.27. The number of alkyl halides is 3. The van der Waals surface area contributed by atoms with Crippen molar-refractivity contribution in [3.63, 3.8) is 0 Å². The number of rotatable bonds is 3. The summed E-state index contributed by atoms with van der Waals surface area (Å²) in [4.78, 5) is 0. The quantitative estimate of drug-likeness (QED) is 0.777. The molecule has 0 atom stereocenters. The fraction of sp³-hybridized carbons (Fsp3) is 0.143. The second kappa shape index (κ2) is 5.53. The predicted molar refractivity (Wildman–Crippen MR) is 67.2 cm³/mol. The summed E-state index contributed by atoms with van der Waals surface area (Å²) in [6.07, 6.45) is -4.48. The van der Waals surface area contributed by atoms with E-state index in [1.54, 1.807) is 0 Å². The number of ether oxygens (including phenoxy) is 1. The van der Waals surface area contributed by atoms with E-state index in [1.807, 2.05) is 30.3 Å². The van der Waals surface area contributed by atoms with Crippen LogP contribution in [0.15, 0.2) is 48.5 Å². The van der Waals surface area contributed by atoms with Gasteiger partial charge in [0.05, 0.1) is 10.6 Å². The van der Waals surface area contributed by atoms with Crippen LogP contribution < -0.4 is 4.74 Å². The first-order valence-corrected chi connectivity index (χ1v) is 5.88. The Morgan fingerprint density at radius 1 is 0.947 bits per heavy atom. The van der Waals surface area contributed by atoms with Crippen LogP contribution in [0.1, 0.15) is 11.1 Å². The van der Waals surface area contributed by atoms with E-state index < -0.39 is 16.8 Å². The number of halogens is 4. The summed E-state index contributed by atoms with van der Waals surface area (Å²) in [5, 5.41) is -0.411. The Morgan fingerprint density at radius 3 is 2.26 bits per heavy atom. The van der Waals surface area contributed by atoms with Crippen molar-refractivity contribution in [3.05, 3.63) is 64.7 Å². The first-order chi connectivity index (χ1) is 8.98. The summed E-state index contributed by atoms with van der Waals surface area (Å²) < 4.78 is 43.3. The SMILES string of the molecule is FC(F)(F)c1cccc(OCc2ccccc2)c1Cl. The Bertz CT molecular complexity index is 552. The highest BCUT2D eigenvalue weighted by Crippen LogP contribution is 2.39. The van der Waals surface area contributed by atoms with Crippen LogP contribution in [-0.2, 0) is 12.8 Å². The van der Waals surface area contributed by atoms with Crippen molar-refractivity contribution in [2.45, 2.75) is 12.8 Å². The number of benzene rings is 2. The summed E-state index contributed by atoms with van der Waals surface area (Å²) >= 11 is 5.71. The molecule has 19 heavy (non-hydrogen) atoms. The summed E-state index contributed by atoms with van der Waals surface area (Å²) in [5.74, 6) is 0.0281. The molecular weight excluding hydrogens is 277 g/mol. The van der Waals surface area contributed by atoms with Crippen molar-refractivity contribution in [1.29, 1.82) is 0 Å². The van der Waals surface area contributed by atoms with Gasteiger partial charge in [-0.1, -0.05) is 48.0 Å². The molecule has 0 aromatic heterocycles. The lowest BCUT2D eigenvalue weighted by molar-refractivity contribution is -0.137. The molecule has 0 saturated heterocycles. The summed E-state index contributed by atoms with van der Waals surface area (Å²) in [6, 6.07) is 12.8. The lowest BCUT2D eigenvalue weighted by Crippen LogP contribution is -2.07. The molecule has 2 aromatic carbocycles. The van der Waals surface area contributed by atoms with Gasteiger partial charge in [0.25, 0.3) is 0 Å². The highest BCUT2D eigenvalue weighted by Gasteiger charge is 2.34. The van der Waals surface area contributed by atoms with Gasteiger partial charge in [-0.25, -0.2) is 0 Å². The van der Waals surface area contributed by atoms with Crippen LogP contribution in [0.25, 0.3) is 0 Å². The Morgan fingerprint density at radius 2 is 1.63 bits per heavy atom. The smallest absolute Gasteiger partial charge is 0.417 e. The summed E-state index contributed by atoms with van der Waals surface area (Å²) in [5.41, 5.74) is -0.0318. The topological polar surface area (TPSA) is 9.23 Å². The first kappa shape index (κ1) is 13.7. The molecule has 2 aromatic rings. The predicted octanol–water partition coefficient (Wildman–Crippen LogP) is 4.94. The van der Waals surface area contributed by atoms with Gasteiger partial charge in [-0.05, 0) is 17.7 Å². The van der Waals surface area contributed by atoms with Crippen molar-refractivity contribution < 1.29 is 17.9 Å². The number of hydrogen-bond acceptors (Lipinski definition) is 1. The minimum absolute atomic E-state index is 0.0281. The Kier molecular flexibility index (Phi) is 4.00. The molecule has 0 aliphatic heterocycles. The third-order valence-electron chi connectivity index (χ3n) is 2.51. The van der Waals surface area contributed by atoms with E-state index in [-0.39, 0.29) is 12.4 Å². The van der Waals surface area contributed by atoms with Crippen molar-refractivity contribution in [2.75, 3.05) is 0 Å². The van der Waals surface area contributed by atoms with E-state index in [9.17, 15) is 13.2 Å². The van der Waals surface area contributed by atoms with Gasteiger partial charge in [0.15, 0.2) is 0 Å². The lowest BCUT2D eigenvalue weighted by Gasteiger charge is -2.13. The van der Waals surface area contributed by atoms with Gasteiger partial charge in [0, 0.05) is 0 Å². The van der Waals surface area contributed by atoms with E-state index in [0.29, 0.717) is 0 Å². The normalized spacial score (nSPS) is 11.4. The van der Waals surface area contributed by atoms with Crippen molar-refractivity contribution in [2.24, 2.45) is 0 Å². The average molecular weight is 287 g/mol. The maximum absolute atomic E-state index is 12.7. The fourth-order valence-corrected chi connectivity index (χ4v) is 1.86. The van der Waals surface area contributed by atoms with E-state index in [4.69, 9.17) is 16.3 Å². The van der Waals surface area contributed by atoms with Crippen LogP contribution in [0.4, 0.5) is 13.2 Å². The van der Waals surface area contributed by atoms with Gasteiger partial charge in [-0.3, -0.25) is 0 Å². The minimum atomic E-state index is -4.48. The largest absolute Gasteiger partial charge is 0.487 e. The molecule has 0 spiro atoms. The molecule has 0 radical (unpaired) electrons. The van der Waals surface area contributed by atoms with Crippen LogP contribution in [0.5, 0.6) is 5.75 Å². The molecule has 2 rings (SSSR count). The Balaban J connectivity index is 2.18. The average Bonchev–Trinajstić information content (AvgIpc) is 2.37. The molecular formula is C14H10ClF3O. The molecule has 5 heteroatoms. The highest BCUT2D eigenvalue weighted by atomic mass is 35.5. The highest BCUT2D eigenvalue weighted by molar-refractivity contribution is 6.32. The molecule has 0 aliphatic carbocycles.